The second kappa shape index (κ2) is 7.77. The molecule has 0 aromatic carbocycles. The summed E-state index contributed by atoms with van der Waals surface area (Å²) in [6.45, 7) is 5.60. The number of rotatable bonds is 3. The summed E-state index contributed by atoms with van der Waals surface area (Å²) in [5.41, 5.74) is 2.78. The standard InChI is InChI=1S/C20H24N6O3/c1-4-16(28)22-18-11(2)17-15(9-27)26(3)20(23-19(17)25-24-18)12-7-13-10-29-6-5-14(13)21-8-12/h5,12-13,21H,4,6-8,10H2,1-3H3,(H,22,24,28). The average molecular weight is 396 g/mol. The van der Waals surface area contributed by atoms with Gasteiger partial charge >= 0.3 is 0 Å². The normalized spacial score (nSPS) is 23.1. The third kappa shape index (κ3) is 3.43. The number of amidine groups is 1. The SMILES string of the molecule is CCC(=O)Nc1nnc2c(c1C)C(=C=O)N(C)C(C1CNC3=CCOCC3C1)=N2. The first-order valence-electron chi connectivity index (χ1n) is 9.80. The van der Waals surface area contributed by atoms with Crippen LogP contribution in [-0.4, -0.2) is 59.6 Å². The number of ether oxygens (including phenoxy) is 1. The summed E-state index contributed by atoms with van der Waals surface area (Å²) in [4.78, 5) is 30.2. The zero-order chi connectivity index (χ0) is 20.5. The van der Waals surface area contributed by atoms with Gasteiger partial charge in [0.25, 0.3) is 0 Å². The minimum atomic E-state index is -0.167. The third-order valence-corrected chi connectivity index (χ3v) is 5.68. The highest BCUT2D eigenvalue weighted by molar-refractivity contribution is 6.06. The van der Waals surface area contributed by atoms with E-state index in [0.29, 0.717) is 54.0 Å². The highest BCUT2D eigenvalue weighted by Crippen LogP contribution is 2.38. The molecule has 4 rings (SSSR count). The number of anilines is 1. The molecule has 0 bridgehead atoms. The van der Waals surface area contributed by atoms with Gasteiger partial charge in [0.15, 0.2) is 17.6 Å². The Morgan fingerprint density at radius 1 is 1.41 bits per heavy atom. The lowest BCUT2D eigenvalue weighted by molar-refractivity contribution is -0.115. The molecular formula is C20H24N6O3. The fourth-order valence-corrected chi connectivity index (χ4v) is 4.05. The summed E-state index contributed by atoms with van der Waals surface area (Å²) in [5.74, 6) is 3.74. The molecule has 1 saturated heterocycles. The molecule has 4 heterocycles. The van der Waals surface area contributed by atoms with Gasteiger partial charge in [0, 0.05) is 43.1 Å². The number of nitrogens with one attached hydrogen (secondary N) is 2. The van der Waals surface area contributed by atoms with Crippen molar-refractivity contribution >= 4 is 35.0 Å². The quantitative estimate of drug-likeness (QED) is 0.744. The van der Waals surface area contributed by atoms with Crippen LogP contribution >= 0.6 is 0 Å². The van der Waals surface area contributed by atoms with Crippen LogP contribution in [0.25, 0.3) is 5.70 Å². The van der Waals surface area contributed by atoms with Gasteiger partial charge in [0.05, 0.1) is 18.8 Å². The van der Waals surface area contributed by atoms with Gasteiger partial charge in [-0.25, -0.2) is 9.79 Å². The number of fused-ring (bicyclic) bond motifs is 2. The molecule has 1 fully saturated rings. The molecule has 0 spiro atoms. The predicted octanol–water partition coefficient (Wildman–Crippen LogP) is 1.42. The van der Waals surface area contributed by atoms with Crippen molar-refractivity contribution in [3.8, 4) is 0 Å². The van der Waals surface area contributed by atoms with Gasteiger partial charge in [-0.1, -0.05) is 6.92 Å². The van der Waals surface area contributed by atoms with Crippen molar-refractivity contribution in [1.82, 2.24) is 20.4 Å². The van der Waals surface area contributed by atoms with Gasteiger partial charge in [-0.05, 0) is 19.4 Å². The summed E-state index contributed by atoms with van der Waals surface area (Å²) in [7, 11) is 1.81. The Bertz CT molecular complexity index is 963. The second-order valence-corrected chi connectivity index (χ2v) is 7.46. The van der Waals surface area contributed by atoms with E-state index in [1.165, 1.54) is 5.70 Å². The van der Waals surface area contributed by atoms with Gasteiger partial charge in [0.2, 0.25) is 5.91 Å². The molecule has 0 radical (unpaired) electrons. The molecule has 2 unspecified atom stereocenters. The fourth-order valence-electron chi connectivity index (χ4n) is 4.05. The Labute approximate surface area is 168 Å². The van der Waals surface area contributed by atoms with Crippen LogP contribution in [0.15, 0.2) is 16.8 Å². The van der Waals surface area contributed by atoms with Crippen LogP contribution in [0.3, 0.4) is 0 Å². The van der Waals surface area contributed by atoms with Crippen LogP contribution in [0.2, 0.25) is 0 Å². The number of carbonyl (C=O) groups excluding carboxylic acids is 2. The smallest absolute Gasteiger partial charge is 0.225 e. The van der Waals surface area contributed by atoms with Crippen LogP contribution in [0.4, 0.5) is 11.6 Å². The molecule has 0 aliphatic carbocycles. The molecule has 1 aromatic rings. The molecule has 1 amide bonds. The molecule has 0 saturated carbocycles. The highest BCUT2D eigenvalue weighted by Gasteiger charge is 2.36. The van der Waals surface area contributed by atoms with Crippen molar-refractivity contribution in [2.24, 2.45) is 16.8 Å². The Kier molecular flexibility index (Phi) is 5.17. The summed E-state index contributed by atoms with van der Waals surface area (Å²) < 4.78 is 5.58. The molecule has 9 nitrogen and oxygen atoms in total. The Hall–Kier alpha value is -3.03. The molecule has 2 atom stereocenters. The fraction of sp³-hybridized carbons (Fsp3) is 0.500. The minimum Gasteiger partial charge on any atom is -0.387 e. The van der Waals surface area contributed by atoms with Crippen LogP contribution in [0.5, 0.6) is 0 Å². The van der Waals surface area contributed by atoms with Crippen LogP contribution in [-0.2, 0) is 14.3 Å². The van der Waals surface area contributed by atoms with Gasteiger partial charge in [0.1, 0.15) is 11.5 Å². The first kappa shape index (κ1) is 19.3. The van der Waals surface area contributed by atoms with E-state index in [1.54, 1.807) is 18.7 Å². The topological polar surface area (TPSA) is 109 Å². The van der Waals surface area contributed by atoms with Crippen molar-refractivity contribution in [1.29, 1.82) is 0 Å². The van der Waals surface area contributed by atoms with E-state index in [2.05, 4.69) is 26.9 Å². The van der Waals surface area contributed by atoms with E-state index < -0.39 is 0 Å². The van der Waals surface area contributed by atoms with E-state index in [-0.39, 0.29) is 11.8 Å². The monoisotopic (exact) mass is 396 g/mol. The molecule has 3 aliphatic rings. The lowest BCUT2D eigenvalue weighted by atomic mass is 9.85. The van der Waals surface area contributed by atoms with Gasteiger partial charge < -0.3 is 20.3 Å². The van der Waals surface area contributed by atoms with E-state index >= 15 is 0 Å². The minimum absolute atomic E-state index is 0.0990. The Morgan fingerprint density at radius 2 is 2.24 bits per heavy atom. The number of amides is 1. The molecule has 1 aromatic heterocycles. The maximum Gasteiger partial charge on any atom is 0.225 e. The van der Waals surface area contributed by atoms with Gasteiger partial charge in [-0.15, -0.1) is 10.2 Å². The summed E-state index contributed by atoms with van der Waals surface area (Å²) in [5, 5.41) is 14.5. The van der Waals surface area contributed by atoms with Crippen LogP contribution in [0.1, 0.15) is 30.9 Å². The summed E-state index contributed by atoms with van der Waals surface area (Å²) in [6.07, 6.45) is 3.29. The predicted molar refractivity (Wildman–Crippen MR) is 108 cm³/mol. The van der Waals surface area contributed by atoms with Crippen LogP contribution in [0, 0.1) is 18.8 Å². The lowest BCUT2D eigenvalue weighted by Crippen LogP contribution is -2.46. The Balaban J connectivity index is 1.70. The van der Waals surface area contributed by atoms with E-state index in [4.69, 9.17) is 9.73 Å². The second-order valence-electron chi connectivity index (χ2n) is 7.46. The first-order valence-corrected chi connectivity index (χ1v) is 9.80. The average Bonchev–Trinajstić information content (AvgIpc) is 2.75. The molecule has 152 valence electrons. The van der Waals surface area contributed by atoms with Gasteiger partial charge in [-0.2, -0.15) is 0 Å². The van der Waals surface area contributed by atoms with Gasteiger partial charge in [-0.3, -0.25) is 4.79 Å². The van der Waals surface area contributed by atoms with Crippen molar-refractivity contribution < 1.29 is 14.3 Å². The van der Waals surface area contributed by atoms with Crippen LogP contribution < -0.4 is 10.6 Å². The molecular weight excluding hydrogens is 372 g/mol. The van der Waals surface area contributed by atoms with Crippen molar-refractivity contribution in [3.05, 3.63) is 22.9 Å². The number of hydrogen-bond donors (Lipinski definition) is 2. The zero-order valence-corrected chi connectivity index (χ0v) is 16.8. The highest BCUT2D eigenvalue weighted by atomic mass is 16.5. The largest absolute Gasteiger partial charge is 0.387 e. The number of carbonyl (C=O) groups is 1. The Morgan fingerprint density at radius 3 is 3.00 bits per heavy atom. The van der Waals surface area contributed by atoms with E-state index in [9.17, 15) is 9.59 Å². The lowest BCUT2D eigenvalue weighted by Gasteiger charge is -2.39. The van der Waals surface area contributed by atoms with Crippen molar-refractivity contribution in [2.45, 2.75) is 26.7 Å². The molecule has 9 heteroatoms. The van der Waals surface area contributed by atoms with E-state index in [1.807, 2.05) is 13.0 Å². The number of aliphatic imine (C=N–C) groups is 1. The van der Waals surface area contributed by atoms with Crippen molar-refractivity contribution in [2.75, 3.05) is 32.1 Å². The maximum atomic E-state index is 11.9. The molecule has 29 heavy (non-hydrogen) atoms. The third-order valence-electron chi connectivity index (χ3n) is 5.68. The number of nitrogens with zero attached hydrogens (tertiary/aromatic N) is 4. The number of hydrogen-bond acceptors (Lipinski definition) is 8. The molecule has 2 N–H and O–H groups in total. The zero-order valence-electron chi connectivity index (χ0n) is 16.8. The maximum absolute atomic E-state index is 11.9. The summed E-state index contributed by atoms with van der Waals surface area (Å²) >= 11 is 0. The number of aromatic nitrogens is 2. The number of piperidine rings is 1. The molecule has 3 aliphatic heterocycles. The first-order chi connectivity index (χ1) is 14.0. The summed E-state index contributed by atoms with van der Waals surface area (Å²) in [6, 6.07) is 0. The van der Waals surface area contributed by atoms with Crippen molar-refractivity contribution in [3.63, 3.8) is 0 Å². The van der Waals surface area contributed by atoms with E-state index in [0.717, 1.165) is 18.8 Å².